The Balaban J connectivity index is 2.84. The Hall–Kier alpha value is -1.42. The number of anilines is 2. The van der Waals surface area contributed by atoms with Gasteiger partial charge in [0.1, 0.15) is 5.75 Å². The monoisotopic (exact) mass is 266 g/mol. The summed E-state index contributed by atoms with van der Waals surface area (Å²) in [5, 5.41) is 0. The molecule has 0 radical (unpaired) electrons. The van der Waals surface area contributed by atoms with E-state index in [1.807, 2.05) is 39.0 Å². The minimum absolute atomic E-state index is 0.121. The van der Waals surface area contributed by atoms with E-state index in [2.05, 4.69) is 11.8 Å². The van der Waals surface area contributed by atoms with Gasteiger partial charge in [-0.15, -0.1) is 0 Å². The fourth-order valence-corrected chi connectivity index (χ4v) is 1.93. The molecule has 108 valence electrons. The molecule has 2 N–H and O–H groups in total. The van der Waals surface area contributed by atoms with Gasteiger partial charge in [0.05, 0.1) is 24.1 Å². The van der Waals surface area contributed by atoms with E-state index in [4.69, 9.17) is 15.2 Å². The summed E-state index contributed by atoms with van der Waals surface area (Å²) in [5.41, 5.74) is 7.92. The molecule has 4 nitrogen and oxygen atoms in total. The van der Waals surface area contributed by atoms with E-state index >= 15 is 0 Å². The summed E-state index contributed by atoms with van der Waals surface area (Å²) in [6, 6.07) is 5.92. The van der Waals surface area contributed by atoms with Crippen molar-refractivity contribution in [2.45, 2.75) is 33.8 Å². The number of hydrogen-bond acceptors (Lipinski definition) is 4. The van der Waals surface area contributed by atoms with Gasteiger partial charge < -0.3 is 20.1 Å². The van der Waals surface area contributed by atoms with Crippen LogP contribution < -0.4 is 15.4 Å². The molecule has 1 aromatic rings. The maximum Gasteiger partial charge on any atom is 0.144 e. The second-order valence-corrected chi connectivity index (χ2v) is 4.63. The second-order valence-electron chi connectivity index (χ2n) is 4.63. The van der Waals surface area contributed by atoms with Crippen molar-refractivity contribution in [3.63, 3.8) is 0 Å². The molecule has 0 bridgehead atoms. The molecule has 0 saturated heterocycles. The summed E-state index contributed by atoms with van der Waals surface area (Å²) in [5.74, 6) is 0.752. The van der Waals surface area contributed by atoms with E-state index in [0.29, 0.717) is 12.3 Å². The van der Waals surface area contributed by atoms with Crippen LogP contribution in [0.2, 0.25) is 0 Å². The van der Waals surface area contributed by atoms with Crippen LogP contribution in [0.3, 0.4) is 0 Å². The van der Waals surface area contributed by atoms with E-state index in [1.54, 1.807) is 0 Å². The fourth-order valence-electron chi connectivity index (χ4n) is 1.93. The van der Waals surface area contributed by atoms with E-state index in [9.17, 15) is 0 Å². The van der Waals surface area contributed by atoms with Gasteiger partial charge in [0.15, 0.2) is 0 Å². The zero-order valence-corrected chi connectivity index (χ0v) is 12.5. The Morgan fingerprint density at radius 3 is 2.58 bits per heavy atom. The zero-order valence-electron chi connectivity index (χ0n) is 12.5. The average Bonchev–Trinajstić information content (AvgIpc) is 2.37. The molecule has 0 aliphatic rings. The minimum Gasteiger partial charge on any atom is -0.489 e. The number of ether oxygens (including phenoxy) is 2. The normalized spacial score (nSPS) is 10.8. The first-order valence-corrected chi connectivity index (χ1v) is 6.97. The molecule has 1 rings (SSSR count). The van der Waals surface area contributed by atoms with Crippen molar-refractivity contribution < 1.29 is 9.47 Å². The Kier molecular flexibility index (Phi) is 6.50. The van der Waals surface area contributed by atoms with Crippen LogP contribution in [0.4, 0.5) is 11.4 Å². The summed E-state index contributed by atoms with van der Waals surface area (Å²) < 4.78 is 11.1. The molecule has 0 aromatic heterocycles. The topological polar surface area (TPSA) is 47.7 Å². The summed E-state index contributed by atoms with van der Waals surface area (Å²) in [6.45, 7) is 11.3. The van der Waals surface area contributed by atoms with E-state index in [1.165, 1.54) is 0 Å². The molecule has 4 heteroatoms. The van der Waals surface area contributed by atoms with Gasteiger partial charge in [-0.25, -0.2) is 0 Å². The number of nitrogens with zero attached hydrogens (tertiary/aromatic N) is 1. The van der Waals surface area contributed by atoms with Crippen molar-refractivity contribution in [2.24, 2.45) is 0 Å². The van der Waals surface area contributed by atoms with Gasteiger partial charge >= 0.3 is 0 Å². The predicted octanol–water partition coefficient (Wildman–Crippen LogP) is 2.92. The standard InChI is InChI=1S/C15H26N2O2/c1-5-17(10-11-18-6-2)13-8-7-9-14(15(13)16)19-12(3)4/h7-9,12H,5-6,10-11,16H2,1-4H3. The lowest BCUT2D eigenvalue weighted by molar-refractivity contribution is 0.154. The highest BCUT2D eigenvalue weighted by atomic mass is 16.5. The van der Waals surface area contributed by atoms with Crippen LogP contribution in [-0.2, 0) is 4.74 Å². The van der Waals surface area contributed by atoms with E-state index < -0.39 is 0 Å². The molecule has 0 atom stereocenters. The first-order valence-electron chi connectivity index (χ1n) is 6.97. The van der Waals surface area contributed by atoms with Crippen LogP contribution in [0.1, 0.15) is 27.7 Å². The zero-order chi connectivity index (χ0) is 14.3. The molecule has 0 spiro atoms. The van der Waals surface area contributed by atoms with Crippen LogP contribution in [0.5, 0.6) is 5.75 Å². The third kappa shape index (κ3) is 4.63. The van der Waals surface area contributed by atoms with Gasteiger partial charge in [-0.1, -0.05) is 6.07 Å². The van der Waals surface area contributed by atoms with Gasteiger partial charge in [-0.2, -0.15) is 0 Å². The number of hydrogen-bond donors (Lipinski definition) is 1. The molecule has 0 amide bonds. The van der Waals surface area contributed by atoms with Crippen LogP contribution in [0, 0.1) is 0 Å². The number of rotatable bonds is 8. The molecule has 0 aliphatic heterocycles. The van der Waals surface area contributed by atoms with Crippen molar-refractivity contribution in [1.29, 1.82) is 0 Å². The SMILES string of the molecule is CCOCCN(CC)c1cccc(OC(C)C)c1N. The summed E-state index contributed by atoms with van der Waals surface area (Å²) in [7, 11) is 0. The van der Waals surface area contributed by atoms with Gasteiger partial charge in [0.25, 0.3) is 0 Å². The van der Waals surface area contributed by atoms with Crippen LogP contribution in [-0.4, -0.2) is 32.4 Å². The van der Waals surface area contributed by atoms with Gasteiger partial charge in [-0.05, 0) is 39.8 Å². The number of likely N-dealkylation sites (N-methyl/N-ethyl adjacent to an activating group) is 1. The van der Waals surface area contributed by atoms with Crippen molar-refractivity contribution in [3.05, 3.63) is 18.2 Å². The highest BCUT2D eigenvalue weighted by Crippen LogP contribution is 2.32. The second kappa shape index (κ2) is 7.89. The summed E-state index contributed by atoms with van der Waals surface area (Å²) in [4.78, 5) is 2.21. The van der Waals surface area contributed by atoms with Crippen LogP contribution >= 0.6 is 0 Å². The number of benzene rings is 1. The van der Waals surface area contributed by atoms with Crippen molar-refractivity contribution >= 4 is 11.4 Å². The van der Waals surface area contributed by atoms with Gasteiger partial charge in [0.2, 0.25) is 0 Å². The fraction of sp³-hybridized carbons (Fsp3) is 0.600. The lowest BCUT2D eigenvalue weighted by Crippen LogP contribution is -2.28. The van der Waals surface area contributed by atoms with Gasteiger partial charge in [-0.3, -0.25) is 0 Å². The van der Waals surface area contributed by atoms with Gasteiger partial charge in [0, 0.05) is 19.7 Å². The molecule has 19 heavy (non-hydrogen) atoms. The maximum atomic E-state index is 6.20. The number of nitrogens with two attached hydrogens (primary N) is 1. The predicted molar refractivity (Wildman–Crippen MR) is 81.0 cm³/mol. The molecule has 0 heterocycles. The molecule has 0 unspecified atom stereocenters. The average molecular weight is 266 g/mol. The van der Waals surface area contributed by atoms with E-state index in [0.717, 1.165) is 31.1 Å². The van der Waals surface area contributed by atoms with Crippen molar-refractivity contribution in [1.82, 2.24) is 0 Å². The summed E-state index contributed by atoms with van der Waals surface area (Å²) >= 11 is 0. The maximum absolute atomic E-state index is 6.20. The van der Waals surface area contributed by atoms with E-state index in [-0.39, 0.29) is 6.10 Å². The molecule has 0 saturated carbocycles. The Labute approximate surface area is 116 Å². The Morgan fingerprint density at radius 1 is 1.26 bits per heavy atom. The first kappa shape index (κ1) is 15.6. The van der Waals surface area contributed by atoms with Crippen LogP contribution in [0.25, 0.3) is 0 Å². The molecule has 1 aromatic carbocycles. The van der Waals surface area contributed by atoms with Crippen molar-refractivity contribution in [2.75, 3.05) is 36.9 Å². The molecular weight excluding hydrogens is 240 g/mol. The molecule has 0 fully saturated rings. The van der Waals surface area contributed by atoms with Crippen LogP contribution in [0.15, 0.2) is 18.2 Å². The number of nitrogen functional groups attached to an aromatic ring is 1. The molecule has 0 aliphatic carbocycles. The smallest absolute Gasteiger partial charge is 0.144 e. The largest absolute Gasteiger partial charge is 0.489 e. The third-order valence-electron chi connectivity index (χ3n) is 2.84. The quantitative estimate of drug-likeness (QED) is 0.580. The summed E-state index contributed by atoms with van der Waals surface area (Å²) in [6.07, 6.45) is 0.121. The van der Waals surface area contributed by atoms with Crippen molar-refractivity contribution in [3.8, 4) is 5.75 Å². The Bertz CT molecular complexity index is 380. The third-order valence-corrected chi connectivity index (χ3v) is 2.84. The lowest BCUT2D eigenvalue weighted by Gasteiger charge is -2.25. The minimum atomic E-state index is 0.121. The lowest BCUT2D eigenvalue weighted by atomic mass is 10.2. The Morgan fingerprint density at radius 2 is 2.00 bits per heavy atom. The number of para-hydroxylation sites is 1. The first-order chi connectivity index (χ1) is 9.10. The molecular formula is C15H26N2O2. The highest BCUT2D eigenvalue weighted by molar-refractivity contribution is 5.74. The highest BCUT2D eigenvalue weighted by Gasteiger charge is 2.12.